The summed E-state index contributed by atoms with van der Waals surface area (Å²) < 4.78 is 25.1. The number of hydrogen-bond acceptors (Lipinski definition) is 3. The van der Waals surface area contributed by atoms with Gasteiger partial charge < -0.3 is 5.11 Å². The lowest BCUT2D eigenvalue weighted by atomic mass is 10.2. The van der Waals surface area contributed by atoms with Crippen LogP contribution in [0.4, 0.5) is 5.69 Å². The number of aliphatic hydroxyl groups is 1. The van der Waals surface area contributed by atoms with Gasteiger partial charge in [0.2, 0.25) is 10.0 Å². The summed E-state index contributed by atoms with van der Waals surface area (Å²) in [4.78, 5) is 0. The van der Waals surface area contributed by atoms with E-state index in [1.165, 1.54) is 0 Å². The molecule has 0 saturated carbocycles. The molecule has 4 nitrogen and oxygen atoms in total. The fourth-order valence-corrected chi connectivity index (χ4v) is 2.13. The van der Waals surface area contributed by atoms with Gasteiger partial charge in [-0.15, -0.1) is 0 Å². The van der Waals surface area contributed by atoms with Crippen LogP contribution in [-0.4, -0.2) is 25.9 Å². The Bertz CT molecular complexity index is 445. The molecule has 2 N–H and O–H groups in total. The van der Waals surface area contributed by atoms with E-state index in [-0.39, 0.29) is 5.75 Å². The van der Waals surface area contributed by atoms with Crippen molar-refractivity contribution >= 4 is 27.3 Å². The van der Waals surface area contributed by atoms with Gasteiger partial charge in [-0.2, -0.15) is 0 Å². The van der Waals surface area contributed by atoms with Gasteiger partial charge in [-0.25, -0.2) is 8.42 Å². The Labute approximate surface area is 93.9 Å². The van der Waals surface area contributed by atoms with Crippen LogP contribution < -0.4 is 4.72 Å². The molecule has 0 atom stereocenters. The highest BCUT2D eigenvalue weighted by Crippen LogP contribution is 2.23. The van der Waals surface area contributed by atoms with Gasteiger partial charge in [0, 0.05) is 5.02 Å². The number of sulfonamides is 1. The van der Waals surface area contributed by atoms with Gasteiger partial charge in [-0.3, -0.25) is 4.72 Å². The summed E-state index contributed by atoms with van der Waals surface area (Å²) in [5.74, 6) is -0.320. The topological polar surface area (TPSA) is 66.4 Å². The first-order valence-electron chi connectivity index (χ1n) is 4.33. The highest BCUT2D eigenvalue weighted by molar-refractivity contribution is 7.92. The first-order valence-corrected chi connectivity index (χ1v) is 6.36. The third kappa shape index (κ3) is 3.37. The standard InChI is InChI=1S/C9H12ClNO3S/c1-7-8(10)3-2-4-9(7)11-15(13,14)6-5-12/h2-4,11-12H,5-6H2,1H3. The van der Waals surface area contributed by atoms with Crippen molar-refractivity contribution in [1.82, 2.24) is 0 Å². The van der Waals surface area contributed by atoms with Crippen LogP contribution in [0.15, 0.2) is 18.2 Å². The number of hydrogen-bond donors (Lipinski definition) is 2. The summed E-state index contributed by atoms with van der Waals surface area (Å²) in [6.45, 7) is 1.31. The molecule has 0 saturated heterocycles. The molecule has 0 amide bonds. The molecule has 1 aromatic carbocycles. The normalized spacial score (nSPS) is 11.4. The van der Waals surface area contributed by atoms with Gasteiger partial charge >= 0.3 is 0 Å². The maximum absolute atomic E-state index is 11.3. The minimum absolute atomic E-state index is 0.320. The molecule has 0 aromatic heterocycles. The van der Waals surface area contributed by atoms with Crippen LogP contribution in [0.2, 0.25) is 5.02 Å². The van der Waals surface area contributed by atoms with E-state index in [1.807, 2.05) is 0 Å². The highest BCUT2D eigenvalue weighted by atomic mass is 35.5. The second kappa shape index (κ2) is 4.83. The molecular weight excluding hydrogens is 238 g/mol. The van der Waals surface area contributed by atoms with E-state index in [0.717, 1.165) is 0 Å². The second-order valence-corrected chi connectivity index (χ2v) is 5.31. The van der Waals surface area contributed by atoms with E-state index in [1.54, 1.807) is 25.1 Å². The molecule has 6 heteroatoms. The minimum Gasteiger partial charge on any atom is -0.395 e. The fraction of sp³-hybridized carbons (Fsp3) is 0.333. The summed E-state index contributed by atoms with van der Waals surface area (Å²) in [6, 6.07) is 4.96. The maximum Gasteiger partial charge on any atom is 0.234 e. The predicted octanol–water partition coefficient (Wildman–Crippen LogP) is 1.38. The van der Waals surface area contributed by atoms with Crippen LogP contribution in [0.3, 0.4) is 0 Å². The maximum atomic E-state index is 11.3. The third-order valence-electron chi connectivity index (χ3n) is 1.89. The summed E-state index contributed by atoms with van der Waals surface area (Å²) >= 11 is 5.84. The van der Waals surface area contributed by atoms with Crippen molar-refractivity contribution in [3.63, 3.8) is 0 Å². The Balaban J connectivity index is 2.95. The number of benzene rings is 1. The van der Waals surface area contributed by atoms with Crippen molar-refractivity contribution in [1.29, 1.82) is 0 Å². The quantitative estimate of drug-likeness (QED) is 0.847. The van der Waals surface area contributed by atoms with E-state index in [0.29, 0.717) is 16.3 Å². The van der Waals surface area contributed by atoms with Gasteiger partial charge in [-0.05, 0) is 24.6 Å². The first-order chi connectivity index (χ1) is 6.96. The fourth-order valence-electron chi connectivity index (χ4n) is 1.06. The molecular formula is C9H12ClNO3S. The third-order valence-corrected chi connectivity index (χ3v) is 3.55. The van der Waals surface area contributed by atoms with Gasteiger partial charge in [0.15, 0.2) is 0 Å². The van der Waals surface area contributed by atoms with Crippen LogP contribution in [0.25, 0.3) is 0 Å². The molecule has 1 rings (SSSR count). The Kier molecular flexibility index (Phi) is 3.96. The van der Waals surface area contributed by atoms with Gasteiger partial charge in [-0.1, -0.05) is 17.7 Å². The van der Waals surface area contributed by atoms with Crippen LogP contribution >= 0.6 is 11.6 Å². The lowest BCUT2D eigenvalue weighted by Gasteiger charge is -2.10. The second-order valence-electron chi connectivity index (χ2n) is 3.06. The molecule has 15 heavy (non-hydrogen) atoms. The average molecular weight is 250 g/mol. The molecule has 0 heterocycles. The van der Waals surface area contributed by atoms with Crippen molar-refractivity contribution in [3.8, 4) is 0 Å². The van der Waals surface area contributed by atoms with Crippen molar-refractivity contribution < 1.29 is 13.5 Å². The molecule has 0 spiro atoms. The van der Waals surface area contributed by atoms with Gasteiger partial charge in [0.05, 0.1) is 18.0 Å². The van der Waals surface area contributed by atoms with Crippen molar-refractivity contribution in [3.05, 3.63) is 28.8 Å². The number of halogens is 1. The van der Waals surface area contributed by atoms with Crippen LogP contribution in [0.1, 0.15) is 5.56 Å². The number of anilines is 1. The van der Waals surface area contributed by atoms with Crippen LogP contribution in [0.5, 0.6) is 0 Å². The SMILES string of the molecule is Cc1c(Cl)cccc1NS(=O)(=O)CCO. The van der Waals surface area contributed by atoms with Gasteiger partial charge in [0.1, 0.15) is 0 Å². The van der Waals surface area contributed by atoms with Crippen molar-refractivity contribution in [2.75, 3.05) is 17.1 Å². The molecule has 0 aliphatic heterocycles. The number of rotatable bonds is 4. The summed E-state index contributed by atoms with van der Waals surface area (Å²) in [5, 5.41) is 9.06. The summed E-state index contributed by atoms with van der Waals surface area (Å²) in [5.41, 5.74) is 1.11. The zero-order valence-electron chi connectivity index (χ0n) is 8.20. The van der Waals surface area contributed by atoms with E-state index >= 15 is 0 Å². The van der Waals surface area contributed by atoms with E-state index in [2.05, 4.69) is 4.72 Å². The largest absolute Gasteiger partial charge is 0.395 e. The molecule has 0 unspecified atom stereocenters. The van der Waals surface area contributed by atoms with Crippen molar-refractivity contribution in [2.24, 2.45) is 0 Å². The Hall–Kier alpha value is -0.780. The molecule has 84 valence electrons. The van der Waals surface area contributed by atoms with Crippen LogP contribution in [-0.2, 0) is 10.0 Å². The highest BCUT2D eigenvalue weighted by Gasteiger charge is 2.11. The molecule has 0 aliphatic rings. The molecule has 0 radical (unpaired) electrons. The molecule has 0 aliphatic carbocycles. The zero-order chi connectivity index (χ0) is 11.5. The minimum atomic E-state index is -3.48. The molecule has 0 bridgehead atoms. The Morgan fingerprint density at radius 2 is 2.13 bits per heavy atom. The van der Waals surface area contributed by atoms with Crippen LogP contribution in [0, 0.1) is 6.92 Å². The lowest BCUT2D eigenvalue weighted by molar-refractivity contribution is 0.320. The Morgan fingerprint density at radius 1 is 1.47 bits per heavy atom. The molecule has 1 aromatic rings. The van der Waals surface area contributed by atoms with E-state index in [4.69, 9.17) is 16.7 Å². The summed E-state index contributed by atoms with van der Waals surface area (Å²) in [7, 11) is -3.48. The van der Waals surface area contributed by atoms with Gasteiger partial charge in [0.25, 0.3) is 0 Å². The first kappa shape index (κ1) is 12.3. The zero-order valence-corrected chi connectivity index (χ0v) is 9.77. The number of aliphatic hydroxyl groups excluding tert-OH is 1. The molecule has 0 fully saturated rings. The van der Waals surface area contributed by atoms with E-state index < -0.39 is 16.6 Å². The summed E-state index contributed by atoms with van der Waals surface area (Å²) in [6.07, 6.45) is 0. The number of nitrogens with one attached hydrogen (secondary N) is 1. The average Bonchev–Trinajstić information content (AvgIpc) is 2.12. The smallest absolute Gasteiger partial charge is 0.234 e. The monoisotopic (exact) mass is 249 g/mol. The van der Waals surface area contributed by atoms with E-state index in [9.17, 15) is 8.42 Å². The predicted molar refractivity (Wildman–Crippen MR) is 60.7 cm³/mol. The van der Waals surface area contributed by atoms with Crippen molar-refractivity contribution in [2.45, 2.75) is 6.92 Å². The lowest BCUT2D eigenvalue weighted by Crippen LogP contribution is -2.19. The Morgan fingerprint density at radius 3 is 2.73 bits per heavy atom.